The maximum atomic E-state index is 12.3. The van der Waals surface area contributed by atoms with Crippen molar-refractivity contribution in [1.29, 1.82) is 0 Å². The van der Waals surface area contributed by atoms with Gasteiger partial charge in [-0.3, -0.25) is 0 Å². The molecule has 3 aliphatic rings. The minimum atomic E-state index is -1.98. The number of carbonyl (C=O) groups is 1. The summed E-state index contributed by atoms with van der Waals surface area (Å²) < 4.78 is 6.77. The Morgan fingerprint density at radius 2 is 1.88 bits per heavy atom. The molecule has 0 bridgehead atoms. The zero-order chi connectivity index (χ0) is 22.8. The number of urea groups is 1. The summed E-state index contributed by atoms with van der Waals surface area (Å²) in [7, 11) is 6.17. The van der Waals surface area contributed by atoms with Crippen LogP contribution in [-0.4, -0.2) is 44.3 Å². The van der Waals surface area contributed by atoms with Gasteiger partial charge in [-0.25, -0.2) is 0 Å². The van der Waals surface area contributed by atoms with Crippen molar-refractivity contribution in [3.8, 4) is 5.75 Å². The molecule has 5 rings (SSSR count). The van der Waals surface area contributed by atoms with Gasteiger partial charge in [-0.1, -0.05) is 6.07 Å². The molecule has 2 radical (unpaired) electrons. The van der Waals surface area contributed by atoms with Crippen molar-refractivity contribution in [1.82, 2.24) is 16.0 Å². The minimum absolute atomic E-state index is 0.143. The summed E-state index contributed by atoms with van der Waals surface area (Å²) in [5.41, 5.74) is 3.62. The number of benzene rings is 2. The fourth-order valence-electron chi connectivity index (χ4n) is 3.97. The summed E-state index contributed by atoms with van der Waals surface area (Å²) in [4.78, 5) is 12.3. The number of rotatable bonds is 7. The Hall–Kier alpha value is -3.01. The number of nitrogens with zero attached hydrogens (tertiary/aromatic N) is 1. The normalized spacial score (nSPS) is 21.8. The Morgan fingerprint density at radius 3 is 2.70 bits per heavy atom. The standard InChI is InChI=1S/C25H24BIN4O2/c26-20-15-30-27-21(20)12-17(18-8-4-5-9-23(18)32)13-24(27)28-10-11-29-25(33)31-22-14-19(22)16-6-2-1-3-7-16/h1-9,12-13,15,19,22,28,32H,10-11,14H2,(H2,29,31,33)/t19-,22+/m0/s1. The van der Waals surface area contributed by atoms with E-state index in [0.717, 1.165) is 24.8 Å². The number of aromatic hydroxyl groups is 1. The Balaban J connectivity index is 1.16. The topological polar surface area (TPSA) is 85.8 Å². The number of allylic oxidation sites excluding steroid dienone is 5. The molecule has 1 aliphatic carbocycles. The molecule has 2 heterocycles. The van der Waals surface area contributed by atoms with Crippen LogP contribution >= 0.6 is 20.1 Å². The van der Waals surface area contributed by atoms with Crippen molar-refractivity contribution >= 4 is 45.8 Å². The van der Waals surface area contributed by atoms with E-state index in [2.05, 4.69) is 31.3 Å². The molecule has 2 atom stereocenters. The van der Waals surface area contributed by atoms with Crippen LogP contribution in [0.1, 0.15) is 23.5 Å². The molecule has 2 aromatic carbocycles. The van der Waals surface area contributed by atoms with Gasteiger partial charge in [0.2, 0.25) is 0 Å². The van der Waals surface area contributed by atoms with Gasteiger partial charge < -0.3 is 0 Å². The third-order valence-electron chi connectivity index (χ3n) is 5.77. The average Bonchev–Trinajstić information content (AvgIpc) is 3.50. The number of carbonyl (C=O) groups excluding carboxylic acids is 1. The van der Waals surface area contributed by atoms with E-state index in [1.807, 2.05) is 42.5 Å². The van der Waals surface area contributed by atoms with Gasteiger partial charge >= 0.3 is 197 Å². The Labute approximate surface area is 202 Å². The molecule has 6 nitrogen and oxygen atoms in total. The first kappa shape index (κ1) is 21.8. The molecule has 1 saturated carbocycles. The van der Waals surface area contributed by atoms with Gasteiger partial charge in [0.15, 0.2) is 0 Å². The predicted octanol–water partition coefficient (Wildman–Crippen LogP) is 3.96. The monoisotopic (exact) mass is 550 g/mol. The third kappa shape index (κ3) is 4.85. The fraction of sp³-hybridized carbons (Fsp3) is 0.200. The molecule has 33 heavy (non-hydrogen) atoms. The van der Waals surface area contributed by atoms with Gasteiger partial charge in [-0.05, 0) is 0 Å². The molecule has 4 N–H and O–H groups in total. The number of hydrogen-bond donors (Lipinski definition) is 4. The predicted molar refractivity (Wildman–Crippen MR) is 142 cm³/mol. The van der Waals surface area contributed by atoms with E-state index in [1.54, 1.807) is 18.3 Å². The second kappa shape index (κ2) is 9.47. The Bertz CT molecular complexity index is 1190. The quantitative estimate of drug-likeness (QED) is 0.182. The van der Waals surface area contributed by atoms with E-state index < -0.39 is 20.1 Å². The number of phenolic OH excluding ortho intramolecular Hbond substituents is 1. The van der Waals surface area contributed by atoms with E-state index in [9.17, 15) is 9.90 Å². The van der Waals surface area contributed by atoms with Crippen LogP contribution in [0.5, 0.6) is 5.75 Å². The van der Waals surface area contributed by atoms with Crippen molar-refractivity contribution in [2.45, 2.75) is 18.4 Å². The van der Waals surface area contributed by atoms with Crippen LogP contribution in [0.2, 0.25) is 0 Å². The van der Waals surface area contributed by atoms with Gasteiger partial charge in [0.1, 0.15) is 0 Å². The average molecular weight is 550 g/mol. The van der Waals surface area contributed by atoms with Crippen molar-refractivity contribution in [3.63, 3.8) is 0 Å². The fourth-order valence-corrected chi connectivity index (χ4v) is 8.40. The summed E-state index contributed by atoms with van der Waals surface area (Å²) in [6.07, 6.45) is 6.81. The number of fused-ring (bicyclic) bond motifs is 1. The third-order valence-corrected chi connectivity index (χ3v) is 10.4. The van der Waals surface area contributed by atoms with Gasteiger partial charge in [0.25, 0.3) is 0 Å². The number of halogens is 1. The van der Waals surface area contributed by atoms with Crippen molar-refractivity contribution in [3.05, 3.63) is 90.6 Å². The second-order valence-corrected chi connectivity index (χ2v) is 12.5. The summed E-state index contributed by atoms with van der Waals surface area (Å²) in [6, 6.07) is 17.6. The van der Waals surface area contributed by atoms with Crippen LogP contribution in [0.3, 0.4) is 0 Å². The van der Waals surface area contributed by atoms with Crippen molar-refractivity contribution in [2.24, 2.45) is 3.21 Å². The molecule has 0 unspecified atom stereocenters. The van der Waals surface area contributed by atoms with Gasteiger partial charge in [-0.2, -0.15) is 0 Å². The van der Waals surface area contributed by atoms with Crippen LogP contribution in [0, 0.1) is 0 Å². The van der Waals surface area contributed by atoms with Crippen molar-refractivity contribution in [2.75, 3.05) is 13.1 Å². The summed E-state index contributed by atoms with van der Waals surface area (Å²) in [5.74, 6) is 0.636. The molecule has 0 spiro atoms. The number of para-hydroxylation sites is 1. The van der Waals surface area contributed by atoms with Crippen LogP contribution in [0.4, 0.5) is 4.79 Å². The van der Waals surface area contributed by atoms with Crippen LogP contribution in [0.25, 0.3) is 5.57 Å². The summed E-state index contributed by atoms with van der Waals surface area (Å²) >= 11 is -1.98. The Kier molecular flexibility index (Phi) is 6.26. The van der Waals surface area contributed by atoms with Gasteiger partial charge in [-0.15, -0.1) is 0 Å². The number of amides is 2. The molecule has 1 fully saturated rings. The molecule has 2 aromatic rings. The summed E-state index contributed by atoms with van der Waals surface area (Å²) in [5, 5.41) is 19.7. The van der Waals surface area contributed by atoms with Crippen molar-refractivity contribution < 1.29 is 9.90 Å². The first-order chi connectivity index (χ1) is 16.1. The molecular weight excluding hydrogens is 526 g/mol. The number of hydrogen-bond acceptors (Lipinski definition) is 4. The molecular formula is C25H24BIN4O2. The molecule has 0 aromatic heterocycles. The van der Waals surface area contributed by atoms with E-state index in [1.165, 1.54) is 5.56 Å². The SMILES string of the molecule is [B]C1=C2C=C(c3ccccc3O)C=C(NCCNC(=O)N[C@@H]3C[C@H]3c3ccccc3)I2N=C1. The first-order valence-corrected chi connectivity index (χ1v) is 14.0. The zero-order valence-corrected chi connectivity index (χ0v) is 20.1. The van der Waals surface area contributed by atoms with E-state index in [-0.39, 0.29) is 17.8 Å². The first-order valence-electron chi connectivity index (χ1n) is 10.9. The van der Waals surface area contributed by atoms with Crippen LogP contribution in [-0.2, 0) is 0 Å². The van der Waals surface area contributed by atoms with Gasteiger partial charge in [0.05, 0.1) is 0 Å². The number of phenols is 1. The number of nitrogens with one attached hydrogen (secondary N) is 3. The van der Waals surface area contributed by atoms with Crippen LogP contribution in [0.15, 0.2) is 82.7 Å². The Morgan fingerprint density at radius 1 is 1.09 bits per heavy atom. The summed E-state index contributed by atoms with van der Waals surface area (Å²) in [6.45, 7) is 1.07. The van der Waals surface area contributed by atoms with Gasteiger partial charge in [0, 0.05) is 0 Å². The molecule has 166 valence electrons. The van der Waals surface area contributed by atoms with E-state index >= 15 is 0 Å². The molecule has 8 heteroatoms. The zero-order valence-electron chi connectivity index (χ0n) is 18.0. The molecule has 2 aliphatic heterocycles. The van der Waals surface area contributed by atoms with E-state index in [0.29, 0.717) is 24.5 Å². The maximum absolute atomic E-state index is 12.3. The second-order valence-electron chi connectivity index (χ2n) is 8.09. The molecule has 0 saturated heterocycles. The van der Waals surface area contributed by atoms with E-state index in [4.69, 9.17) is 7.85 Å². The van der Waals surface area contributed by atoms with Crippen LogP contribution < -0.4 is 16.0 Å². The molecule has 2 amide bonds.